The standard InChI is InChI=1S/C37H27F9O/c1-2-3-4-5-21-6-8-22(9-7-21)23-11-15-29(32(40)16-23)37(45,46)47-26-12-14-27(31(39)20-26)24-10-13-28(30(38)17-24)25-18-33(41)35(36(43)44)34(42)19-25/h6-20,36H,2-5H2,1H3. The van der Waals surface area contributed by atoms with Crippen molar-refractivity contribution in [2.45, 2.75) is 45.1 Å². The van der Waals surface area contributed by atoms with Crippen molar-refractivity contribution in [1.82, 2.24) is 0 Å². The van der Waals surface area contributed by atoms with Crippen LogP contribution >= 0.6 is 0 Å². The molecular formula is C37H27F9O. The Bertz CT molecular complexity index is 1860. The molecule has 5 aromatic rings. The highest BCUT2D eigenvalue weighted by Gasteiger charge is 2.38. The molecule has 0 unspecified atom stereocenters. The van der Waals surface area contributed by atoms with Gasteiger partial charge in [0.1, 0.15) is 34.8 Å². The van der Waals surface area contributed by atoms with Crippen LogP contribution in [-0.2, 0) is 12.5 Å². The first-order valence-corrected chi connectivity index (χ1v) is 14.7. The number of alkyl halides is 4. The summed E-state index contributed by atoms with van der Waals surface area (Å²) >= 11 is 0. The van der Waals surface area contributed by atoms with Gasteiger partial charge in [0.05, 0.1) is 11.1 Å². The van der Waals surface area contributed by atoms with Crippen molar-refractivity contribution in [3.63, 3.8) is 0 Å². The molecule has 0 N–H and O–H groups in total. The minimum absolute atomic E-state index is 0.0668. The number of ether oxygens (including phenoxy) is 1. The highest BCUT2D eigenvalue weighted by molar-refractivity contribution is 5.72. The summed E-state index contributed by atoms with van der Waals surface area (Å²) in [6.07, 6.45) is -3.45. The first-order chi connectivity index (χ1) is 22.4. The molecule has 47 heavy (non-hydrogen) atoms. The lowest BCUT2D eigenvalue weighted by Gasteiger charge is -2.20. The normalized spacial score (nSPS) is 11.7. The molecule has 5 rings (SSSR count). The van der Waals surface area contributed by atoms with Crippen molar-refractivity contribution in [3.05, 3.63) is 137 Å². The minimum Gasteiger partial charge on any atom is -0.429 e. The molecule has 0 saturated carbocycles. The topological polar surface area (TPSA) is 9.23 Å². The van der Waals surface area contributed by atoms with E-state index < -0.39 is 58.5 Å². The molecule has 0 aliphatic rings. The summed E-state index contributed by atoms with van der Waals surface area (Å²) in [5.74, 6) is -7.13. The molecule has 0 saturated heterocycles. The maximum atomic E-state index is 15.0. The molecule has 0 aromatic heterocycles. The fourth-order valence-corrected chi connectivity index (χ4v) is 5.24. The van der Waals surface area contributed by atoms with E-state index in [1.807, 2.05) is 12.1 Å². The van der Waals surface area contributed by atoms with Crippen molar-refractivity contribution in [2.24, 2.45) is 0 Å². The number of rotatable bonds is 11. The number of benzene rings is 5. The second kappa shape index (κ2) is 13.9. The van der Waals surface area contributed by atoms with Gasteiger partial charge in [-0.25, -0.2) is 30.7 Å². The third-order valence-electron chi connectivity index (χ3n) is 7.71. The first-order valence-electron chi connectivity index (χ1n) is 14.7. The zero-order valence-electron chi connectivity index (χ0n) is 24.9. The van der Waals surface area contributed by atoms with E-state index in [9.17, 15) is 26.3 Å². The monoisotopic (exact) mass is 658 g/mol. The smallest absolute Gasteiger partial charge is 0.429 e. The molecule has 0 spiro atoms. The predicted octanol–water partition coefficient (Wildman–Crippen LogP) is 12.2. The van der Waals surface area contributed by atoms with Gasteiger partial charge in [0.15, 0.2) is 0 Å². The van der Waals surface area contributed by atoms with Crippen LogP contribution in [0.4, 0.5) is 39.5 Å². The van der Waals surface area contributed by atoms with Gasteiger partial charge >= 0.3 is 6.11 Å². The van der Waals surface area contributed by atoms with Crippen LogP contribution in [-0.4, -0.2) is 0 Å². The quantitative estimate of drug-likeness (QED) is 0.101. The minimum atomic E-state index is -4.18. The van der Waals surface area contributed by atoms with E-state index in [4.69, 9.17) is 0 Å². The summed E-state index contributed by atoms with van der Waals surface area (Å²) in [6.45, 7) is 2.11. The Labute approximate surface area is 265 Å². The zero-order chi connectivity index (χ0) is 33.9. The number of aryl methyl sites for hydroxylation is 1. The Hall–Kier alpha value is -4.73. The largest absolute Gasteiger partial charge is 0.429 e. The lowest BCUT2D eigenvalue weighted by atomic mass is 9.98. The molecule has 0 radical (unpaired) electrons. The second-order valence-corrected chi connectivity index (χ2v) is 11.0. The fraction of sp³-hybridized carbons (Fsp3) is 0.189. The van der Waals surface area contributed by atoms with Crippen LogP contribution in [0.25, 0.3) is 33.4 Å². The molecule has 0 bridgehead atoms. The first kappa shape index (κ1) is 33.6. The van der Waals surface area contributed by atoms with E-state index >= 15 is 13.2 Å². The second-order valence-electron chi connectivity index (χ2n) is 11.0. The predicted molar refractivity (Wildman–Crippen MR) is 162 cm³/mol. The van der Waals surface area contributed by atoms with Gasteiger partial charge in [0.2, 0.25) is 0 Å². The van der Waals surface area contributed by atoms with Crippen LogP contribution in [0.15, 0.2) is 91.0 Å². The summed E-state index contributed by atoms with van der Waals surface area (Å²) in [7, 11) is 0. The van der Waals surface area contributed by atoms with Crippen LogP contribution in [0.5, 0.6) is 5.75 Å². The van der Waals surface area contributed by atoms with E-state index in [0.29, 0.717) is 29.3 Å². The molecule has 5 aromatic carbocycles. The molecule has 10 heteroatoms. The highest BCUT2D eigenvalue weighted by atomic mass is 19.3. The average Bonchev–Trinajstić information content (AvgIpc) is 3.00. The van der Waals surface area contributed by atoms with E-state index in [-0.39, 0.29) is 22.3 Å². The van der Waals surface area contributed by atoms with Crippen LogP contribution in [0.3, 0.4) is 0 Å². The molecular weight excluding hydrogens is 631 g/mol. The van der Waals surface area contributed by atoms with Crippen molar-refractivity contribution >= 4 is 0 Å². The van der Waals surface area contributed by atoms with E-state index in [0.717, 1.165) is 67.6 Å². The van der Waals surface area contributed by atoms with Crippen LogP contribution in [0, 0.1) is 29.1 Å². The molecule has 0 atom stereocenters. The van der Waals surface area contributed by atoms with Crippen molar-refractivity contribution in [2.75, 3.05) is 0 Å². The molecule has 0 amide bonds. The Morgan fingerprint density at radius 1 is 0.574 bits per heavy atom. The summed E-state index contributed by atoms with van der Waals surface area (Å²) in [5.41, 5.74) is -1.37. The number of halogens is 9. The SMILES string of the molecule is CCCCCc1ccc(-c2ccc(C(F)(F)Oc3ccc(-c4ccc(-c5cc(F)c(C(F)F)c(F)c5)c(F)c4)c(F)c3)c(F)c2)cc1. The molecule has 0 aliphatic heterocycles. The highest BCUT2D eigenvalue weighted by Crippen LogP contribution is 2.38. The third-order valence-corrected chi connectivity index (χ3v) is 7.71. The molecule has 0 aliphatic carbocycles. The van der Waals surface area contributed by atoms with E-state index in [2.05, 4.69) is 11.7 Å². The van der Waals surface area contributed by atoms with E-state index in [1.54, 1.807) is 12.1 Å². The number of unbranched alkanes of at least 4 members (excludes halogenated alkanes) is 2. The van der Waals surface area contributed by atoms with Gasteiger partial charge in [0, 0.05) is 17.2 Å². The Balaban J connectivity index is 1.32. The van der Waals surface area contributed by atoms with Crippen LogP contribution in [0.2, 0.25) is 0 Å². The number of hydrogen-bond acceptors (Lipinski definition) is 1. The van der Waals surface area contributed by atoms with Gasteiger partial charge in [-0.1, -0.05) is 62.2 Å². The van der Waals surface area contributed by atoms with E-state index in [1.165, 1.54) is 12.1 Å². The Kier molecular flexibility index (Phi) is 9.98. The van der Waals surface area contributed by atoms with Crippen LogP contribution in [0.1, 0.15) is 49.3 Å². The molecule has 1 nitrogen and oxygen atoms in total. The Morgan fingerprint density at radius 2 is 1.13 bits per heavy atom. The van der Waals surface area contributed by atoms with Gasteiger partial charge < -0.3 is 4.74 Å². The summed E-state index contributed by atoms with van der Waals surface area (Å²) in [4.78, 5) is 0. The van der Waals surface area contributed by atoms with Gasteiger partial charge in [-0.05, 0) is 83.1 Å². The average molecular weight is 659 g/mol. The Morgan fingerprint density at radius 3 is 1.72 bits per heavy atom. The molecule has 0 heterocycles. The molecule has 244 valence electrons. The van der Waals surface area contributed by atoms with Gasteiger partial charge in [-0.15, -0.1) is 0 Å². The number of hydrogen-bond donors (Lipinski definition) is 0. The maximum absolute atomic E-state index is 15.0. The van der Waals surface area contributed by atoms with Gasteiger partial charge in [0.25, 0.3) is 6.43 Å². The van der Waals surface area contributed by atoms with Crippen LogP contribution < -0.4 is 4.74 Å². The van der Waals surface area contributed by atoms with Crippen molar-refractivity contribution < 1.29 is 44.3 Å². The summed E-state index contributed by atoms with van der Waals surface area (Å²) in [5, 5.41) is 0. The summed E-state index contributed by atoms with van der Waals surface area (Å²) in [6, 6.07) is 17.4. The maximum Gasteiger partial charge on any atom is 0.429 e. The fourth-order valence-electron chi connectivity index (χ4n) is 5.24. The zero-order valence-corrected chi connectivity index (χ0v) is 24.9. The third kappa shape index (κ3) is 7.48. The van der Waals surface area contributed by atoms with Crippen molar-refractivity contribution in [3.8, 4) is 39.1 Å². The summed E-state index contributed by atoms with van der Waals surface area (Å²) < 4.78 is 133. The lowest BCUT2D eigenvalue weighted by molar-refractivity contribution is -0.187. The lowest BCUT2D eigenvalue weighted by Crippen LogP contribution is -2.23. The van der Waals surface area contributed by atoms with Gasteiger partial charge in [-0.3, -0.25) is 0 Å². The van der Waals surface area contributed by atoms with Crippen molar-refractivity contribution in [1.29, 1.82) is 0 Å². The molecule has 0 fully saturated rings. The van der Waals surface area contributed by atoms with Gasteiger partial charge in [-0.2, -0.15) is 8.78 Å².